The van der Waals surface area contributed by atoms with Gasteiger partial charge in [0.05, 0.1) is 13.2 Å². The lowest BCUT2D eigenvalue weighted by atomic mass is 9.87. The first-order valence-electron chi connectivity index (χ1n) is 9.10. The topological polar surface area (TPSA) is 110 Å². The van der Waals surface area contributed by atoms with E-state index >= 15 is 0 Å². The van der Waals surface area contributed by atoms with Crippen molar-refractivity contribution < 1.29 is 33.5 Å². The van der Waals surface area contributed by atoms with E-state index in [-0.39, 0.29) is 24.5 Å². The molecule has 0 saturated carbocycles. The number of benzene rings is 1. The molecule has 2 aliphatic rings. The van der Waals surface area contributed by atoms with Crippen molar-refractivity contribution in [3.05, 3.63) is 30.3 Å². The summed E-state index contributed by atoms with van der Waals surface area (Å²) in [6, 6.07) is 8.38. The molecule has 0 radical (unpaired) electrons. The highest BCUT2D eigenvalue weighted by atomic mass is 31.2. The van der Waals surface area contributed by atoms with Crippen LogP contribution in [-0.4, -0.2) is 60.6 Å². The molecule has 0 spiro atoms. The number of piperidine rings is 1. The largest absolute Gasteiger partial charge is 0.469 e. The number of rotatable bonds is 6. The number of fused-ring (bicyclic) bond motifs is 2. The number of hydrogen-bond acceptors (Lipinski definition) is 6. The molecule has 2 bridgehead atoms. The summed E-state index contributed by atoms with van der Waals surface area (Å²) in [7, 11) is -0.919. The van der Waals surface area contributed by atoms with Crippen LogP contribution in [0.15, 0.2) is 30.3 Å². The molecule has 2 fully saturated rings. The molecule has 4 N–H and O–H groups in total. The average molecular weight is 398 g/mol. The molecule has 1 aromatic carbocycles. The molecule has 2 heterocycles. The van der Waals surface area contributed by atoms with Gasteiger partial charge in [-0.15, -0.1) is 0 Å². The summed E-state index contributed by atoms with van der Waals surface area (Å²) in [6.07, 6.45) is 1.44. The summed E-state index contributed by atoms with van der Waals surface area (Å²) < 4.78 is 10.8. The Balaban J connectivity index is 1.83. The molecular formula is C18H27N2O6P+2. The summed E-state index contributed by atoms with van der Waals surface area (Å²) in [5.41, 5.74) is 0. The van der Waals surface area contributed by atoms with Crippen molar-refractivity contribution in [2.75, 3.05) is 20.7 Å². The molecule has 148 valence electrons. The van der Waals surface area contributed by atoms with Crippen molar-refractivity contribution >= 4 is 25.1 Å². The van der Waals surface area contributed by atoms with Crippen LogP contribution in [-0.2, 0) is 18.8 Å². The van der Waals surface area contributed by atoms with Gasteiger partial charge in [0.25, 0.3) is 5.91 Å². The van der Waals surface area contributed by atoms with Crippen molar-refractivity contribution in [2.24, 2.45) is 5.92 Å². The predicted molar refractivity (Wildman–Crippen MR) is 99.1 cm³/mol. The molecule has 2 aliphatic heterocycles. The van der Waals surface area contributed by atoms with Gasteiger partial charge in [0.15, 0.2) is 11.8 Å². The van der Waals surface area contributed by atoms with Gasteiger partial charge < -0.3 is 15.0 Å². The van der Waals surface area contributed by atoms with Crippen LogP contribution in [0.5, 0.6) is 0 Å². The number of methoxy groups -OCH3 is 1. The van der Waals surface area contributed by atoms with E-state index in [2.05, 4.69) is 5.32 Å². The van der Waals surface area contributed by atoms with Gasteiger partial charge in [-0.25, -0.2) is 0 Å². The highest BCUT2D eigenvalue weighted by Gasteiger charge is 2.59. The molecular weight excluding hydrogens is 371 g/mol. The zero-order valence-corrected chi connectivity index (χ0v) is 16.4. The second-order valence-electron chi connectivity index (χ2n) is 7.11. The van der Waals surface area contributed by atoms with E-state index in [0.29, 0.717) is 11.7 Å². The third-order valence-corrected chi connectivity index (χ3v) is 7.21. The van der Waals surface area contributed by atoms with Crippen molar-refractivity contribution in [3.8, 4) is 0 Å². The Bertz CT molecular complexity index is 686. The molecule has 9 heteroatoms. The van der Waals surface area contributed by atoms with Crippen molar-refractivity contribution in [1.29, 1.82) is 0 Å². The first-order chi connectivity index (χ1) is 12.9. The Morgan fingerprint density at radius 2 is 1.96 bits per heavy atom. The van der Waals surface area contributed by atoms with Crippen LogP contribution in [0.3, 0.4) is 0 Å². The van der Waals surface area contributed by atoms with E-state index in [9.17, 15) is 19.4 Å². The SMILES string of the molecule is CNC(=O)C[NH+]1C2CCC1[C@@H](C(=O)OC)C(O[P+](O)(O)c1ccccc1)C2. The molecule has 27 heavy (non-hydrogen) atoms. The number of quaternary nitrogens is 1. The lowest BCUT2D eigenvalue weighted by Gasteiger charge is -2.39. The van der Waals surface area contributed by atoms with E-state index < -0.39 is 25.9 Å². The van der Waals surface area contributed by atoms with Crippen molar-refractivity contribution in [1.82, 2.24) is 5.32 Å². The first kappa shape index (κ1) is 20.2. The number of esters is 1. The minimum absolute atomic E-state index is 0.0830. The van der Waals surface area contributed by atoms with Gasteiger partial charge in [-0.3, -0.25) is 9.59 Å². The first-order valence-corrected chi connectivity index (χ1v) is 10.7. The molecule has 3 rings (SSSR count). The number of nitrogens with one attached hydrogen (secondary N) is 2. The molecule has 4 unspecified atom stereocenters. The van der Waals surface area contributed by atoms with Crippen molar-refractivity contribution in [3.63, 3.8) is 0 Å². The van der Waals surface area contributed by atoms with E-state index in [4.69, 9.17) is 9.26 Å². The Morgan fingerprint density at radius 1 is 1.26 bits per heavy atom. The van der Waals surface area contributed by atoms with Gasteiger partial charge in [0.2, 0.25) is 0 Å². The number of amides is 1. The Kier molecular flexibility index (Phi) is 6.13. The number of likely N-dealkylation sites (N-methyl/N-ethyl adjacent to an activating group) is 1. The minimum atomic E-state index is -3.83. The predicted octanol–water partition coefficient (Wildman–Crippen LogP) is -1.20. The van der Waals surface area contributed by atoms with E-state index in [1.165, 1.54) is 7.11 Å². The third-order valence-electron chi connectivity index (χ3n) is 5.67. The van der Waals surface area contributed by atoms with E-state index in [1.54, 1.807) is 37.4 Å². The quantitative estimate of drug-likeness (QED) is 0.354. The van der Waals surface area contributed by atoms with Crippen LogP contribution in [0.25, 0.3) is 0 Å². The van der Waals surface area contributed by atoms with Gasteiger partial charge in [-0.2, -0.15) is 14.3 Å². The lowest BCUT2D eigenvalue weighted by Crippen LogP contribution is -3.20. The van der Waals surface area contributed by atoms with Gasteiger partial charge in [0.1, 0.15) is 18.1 Å². The summed E-state index contributed by atoms with van der Waals surface area (Å²) in [4.78, 5) is 46.6. The normalized spacial score (nSPS) is 30.0. The summed E-state index contributed by atoms with van der Waals surface area (Å²) in [6.45, 7) is 0.281. The summed E-state index contributed by atoms with van der Waals surface area (Å²) in [5, 5.41) is 2.94. The monoisotopic (exact) mass is 398 g/mol. The van der Waals surface area contributed by atoms with Gasteiger partial charge >= 0.3 is 13.9 Å². The fourth-order valence-corrected chi connectivity index (χ4v) is 5.68. The number of carbonyl (C=O) groups excluding carboxylic acids is 2. The third kappa shape index (κ3) is 4.15. The molecule has 5 atom stereocenters. The maximum Gasteiger partial charge on any atom is 0.443 e. The zero-order chi connectivity index (χ0) is 19.6. The van der Waals surface area contributed by atoms with E-state index in [0.717, 1.165) is 17.7 Å². The summed E-state index contributed by atoms with van der Waals surface area (Å²) in [5.74, 6) is -1.16. The fraction of sp³-hybridized carbons (Fsp3) is 0.556. The van der Waals surface area contributed by atoms with Gasteiger partial charge in [0, 0.05) is 26.3 Å². The van der Waals surface area contributed by atoms with Crippen molar-refractivity contribution in [2.45, 2.75) is 37.5 Å². The molecule has 8 nitrogen and oxygen atoms in total. The number of ether oxygens (including phenoxy) is 1. The second-order valence-corrected chi connectivity index (χ2v) is 8.93. The van der Waals surface area contributed by atoms with Crippen LogP contribution in [0.1, 0.15) is 19.3 Å². The average Bonchev–Trinajstić information content (AvgIpc) is 2.93. The molecule has 2 saturated heterocycles. The van der Waals surface area contributed by atoms with Gasteiger partial charge in [-0.05, 0) is 12.1 Å². The van der Waals surface area contributed by atoms with Crippen LogP contribution >= 0.6 is 7.94 Å². The Morgan fingerprint density at radius 3 is 2.59 bits per heavy atom. The smallest absolute Gasteiger partial charge is 0.443 e. The summed E-state index contributed by atoms with van der Waals surface area (Å²) >= 11 is 0. The highest BCUT2D eigenvalue weighted by Crippen LogP contribution is 2.53. The second kappa shape index (κ2) is 8.20. The number of hydrogen-bond donors (Lipinski definition) is 4. The van der Waals surface area contributed by atoms with Crippen LogP contribution in [0.2, 0.25) is 0 Å². The molecule has 0 aromatic heterocycles. The van der Waals surface area contributed by atoms with Crippen LogP contribution in [0.4, 0.5) is 0 Å². The van der Waals surface area contributed by atoms with Crippen LogP contribution < -0.4 is 15.5 Å². The minimum Gasteiger partial charge on any atom is -0.469 e. The molecule has 1 aromatic rings. The maximum atomic E-state index is 12.5. The Hall–Kier alpha value is -1.57. The molecule has 1 amide bonds. The number of carbonyl (C=O) groups is 2. The van der Waals surface area contributed by atoms with Gasteiger partial charge in [-0.1, -0.05) is 18.2 Å². The molecule has 0 aliphatic carbocycles. The van der Waals surface area contributed by atoms with E-state index in [1.807, 2.05) is 0 Å². The lowest BCUT2D eigenvalue weighted by molar-refractivity contribution is -0.937. The zero-order valence-electron chi connectivity index (χ0n) is 15.5. The highest BCUT2D eigenvalue weighted by molar-refractivity contribution is 7.67. The fourth-order valence-electron chi connectivity index (χ4n) is 4.40. The maximum absolute atomic E-state index is 12.5. The Labute approximate surface area is 159 Å². The standard InChI is InChI=1S/C18H25N2O6P/c1-19-16(21)11-20-12-8-9-14(20)17(18(22)25-2)15(10-12)26-27(23,24)13-6-4-3-5-7-13/h3-7,12,14-15,17,23-24H,8-11H2,1-2H3/p+2/t12?,14?,15?,17-/m1/s1. The van der Waals surface area contributed by atoms with Crippen LogP contribution in [0, 0.1) is 5.92 Å².